The largest absolute Gasteiger partial charge is 0.436 e. The van der Waals surface area contributed by atoms with Crippen molar-refractivity contribution in [2.24, 2.45) is 0 Å². The van der Waals surface area contributed by atoms with E-state index in [1.54, 1.807) is 6.07 Å². The molecule has 3 rings (SSSR count). The van der Waals surface area contributed by atoms with Crippen LogP contribution >= 0.6 is 0 Å². The predicted molar refractivity (Wildman–Crippen MR) is 78.4 cm³/mol. The number of nitrogens with two attached hydrogens (primary N) is 1. The number of ether oxygens (including phenoxy) is 1. The van der Waals surface area contributed by atoms with Gasteiger partial charge in [-0.15, -0.1) is 0 Å². The van der Waals surface area contributed by atoms with Crippen molar-refractivity contribution in [3.8, 4) is 22.8 Å². The number of anilines is 1. The van der Waals surface area contributed by atoms with Crippen molar-refractivity contribution in [1.29, 1.82) is 0 Å². The summed E-state index contributed by atoms with van der Waals surface area (Å²) < 4.78 is 19.3. The van der Waals surface area contributed by atoms with Crippen LogP contribution in [-0.4, -0.2) is 9.97 Å². The van der Waals surface area contributed by atoms with Gasteiger partial charge in [-0.25, -0.2) is 4.98 Å². The van der Waals surface area contributed by atoms with E-state index in [2.05, 4.69) is 9.97 Å². The highest BCUT2D eigenvalue weighted by Crippen LogP contribution is 2.33. The Kier molecular flexibility index (Phi) is 3.47. The van der Waals surface area contributed by atoms with Gasteiger partial charge in [0, 0.05) is 5.56 Å². The van der Waals surface area contributed by atoms with Crippen molar-refractivity contribution >= 4 is 5.95 Å². The first-order valence-corrected chi connectivity index (χ1v) is 6.34. The third kappa shape index (κ3) is 2.81. The molecule has 0 saturated heterocycles. The number of hydrogen-bond donors (Lipinski definition) is 1. The van der Waals surface area contributed by atoms with Crippen LogP contribution in [0.4, 0.5) is 10.3 Å². The van der Waals surface area contributed by atoms with Gasteiger partial charge in [-0.05, 0) is 11.6 Å². The van der Waals surface area contributed by atoms with E-state index in [9.17, 15) is 4.39 Å². The number of halogens is 1. The van der Waals surface area contributed by atoms with Crippen molar-refractivity contribution in [3.63, 3.8) is 0 Å². The van der Waals surface area contributed by atoms with Gasteiger partial charge in [0.05, 0.1) is 6.20 Å². The fraction of sp³-hybridized carbons (Fsp3) is 0. The molecule has 0 unspecified atom stereocenters. The molecule has 0 fully saturated rings. The summed E-state index contributed by atoms with van der Waals surface area (Å²) in [4.78, 5) is 7.35. The SMILES string of the molecule is Nc1ncc(F)c(Oc2ccccc2-c2ccccc2)n1. The third-order valence-corrected chi connectivity index (χ3v) is 2.91. The first kappa shape index (κ1) is 13.1. The normalized spacial score (nSPS) is 10.3. The molecule has 2 N–H and O–H groups in total. The molecule has 104 valence electrons. The molecule has 0 atom stereocenters. The Morgan fingerprint density at radius 2 is 1.67 bits per heavy atom. The quantitative estimate of drug-likeness (QED) is 0.796. The van der Waals surface area contributed by atoms with Gasteiger partial charge in [0.25, 0.3) is 5.88 Å². The highest BCUT2D eigenvalue weighted by atomic mass is 19.1. The van der Waals surface area contributed by atoms with Crippen LogP contribution in [0.3, 0.4) is 0 Å². The second kappa shape index (κ2) is 5.58. The van der Waals surface area contributed by atoms with Crippen LogP contribution in [0.5, 0.6) is 11.6 Å². The molecule has 4 nitrogen and oxygen atoms in total. The van der Waals surface area contributed by atoms with Crippen LogP contribution in [0.2, 0.25) is 0 Å². The standard InChI is InChI=1S/C16H12FN3O/c17-13-10-19-16(18)20-15(13)21-14-9-5-4-8-12(14)11-6-2-1-3-7-11/h1-10H,(H2,18,19,20). The summed E-state index contributed by atoms with van der Waals surface area (Å²) in [5, 5.41) is 0. The summed E-state index contributed by atoms with van der Waals surface area (Å²) in [5.41, 5.74) is 7.27. The summed E-state index contributed by atoms with van der Waals surface area (Å²) in [6.45, 7) is 0. The van der Waals surface area contributed by atoms with Gasteiger partial charge in [0.2, 0.25) is 11.8 Å². The fourth-order valence-electron chi connectivity index (χ4n) is 1.95. The fourth-order valence-corrected chi connectivity index (χ4v) is 1.95. The molecule has 2 aromatic carbocycles. The zero-order chi connectivity index (χ0) is 14.7. The Bertz CT molecular complexity index is 762. The smallest absolute Gasteiger partial charge is 0.260 e. The second-order valence-corrected chi connectivity index (χ2v) is 4.35. The number of hydrogen-bond acceptors (Lipinski definition) is 4. The average molecular weight is 281 g/mol. The number of benzene rings is 2. The van der Waals surface area contributed by atoms with E-state index in [1.165, 1.54) is 0 Å². The maximum atomic E-state index is 13.7. The van der Waals surface area contributed by atoms with Gasteiger partial charge in [-0.2, -0.15) is 9.37 Å². The van der Waals surface area contributed by atoms with E-state index in [-0.39, 0.29) is 11.8 Å². The van der Waals surface area contributed by atoms with Crippen molar-refractivity contribution in [1.82, 2.24) is 9.97 Å². The van der Waals surface area contributed by atoms with Gasteiger partial charge < -0.3 is 10.5 Å². The number of aromatic nitrogens is 2. The molecule has 0 bridgehead atoms. The molecule has 1 heterocycles. The van der Waals surface area contributed by atoms with Crippen LogP contribution in [0.25, 0.3) is 11.1 Å². The predicted octanol–water partition coefficient (Wildman–Crippen LogP) is 3.66. The number of nitrogen functional groups attached to an aromatic ring is 1. The van der Waals surface area contributed by atoms with Gasteiger partial charge in [-0.1, -0.05) is 48.5 Å². The third-order valence-electron chi connectivity index (χ3n) is 2.91. The Morgan fingerprint density at radius 1 is 0.952 bits per heavy atom. The first-order chi connectivity index (χ1) is 10.2. The summed E-state index contributed by atoms with van der Waals surface area (Å²) in [6.07, 6.45) is 0.989. The number of rotatable bonds is 3. The molecule has 0 spiro atoms. The molecule has 0 saturated carbocycles. The highest BCUT2D eigenvalue weighted by molar-refractivity contribution is 5.70. The minimum absolute atomic E-state index is 0.0383. The van der Waals surface area contributed by atoms with Gasteiger partial charge in [-0.3, -0.25) is 0 Å². The van der Waals surface area contributed by atoms with Crippen molar-refractivity contribution in [2.75, 3.05) is 5.73 Å². The Morgan fingerprint density at radius 3 is 2.48 bits per heavy atom. The molecular formula is C16H12FN3O. The maximum Gasteiger partial charge on any atom is 0.260 e. The maximum absolute atomic E-state index is 13.7. The van der Waals surface area contributed by atoms with Crippen molar-refractivity contribution in [2.45, 2.75) is 0 Å². The lowest BCUT2D eigenvalue weighted by atomic mass is 10.1. The summed E-state index contributed by atoms with van der Waals surface area (Å²) >= 11 is 0. The number of nitrogens with zero attached hydrogens (tertiary/aromatic N) is 2. The molecule has 5 heteroatoms. The van der Waals surface area contributed by atoms with Gasteiger partial charge in [0.15, 0.2) is 0 Å². The second-order valence-electron chi connectivity index (χ2n) is 4.35. The molecular weight excluding hydrogens is 269 g/mol. The summed E-state index contributed by atoms with van der Waals surface area (Å²) in [5.74, 6) is -0.387. The van der Waals surface area contributed by atoms with Crippen molar-refractivity contribution in [3.05, 3.63) is 66.6 Å². The first-order valence-electron chi connectivity index (χ1n) is 6.34. The van der Waals surface area contributed by atoms with E-state index in [4.69, 9.17) is 10.5 Å². The Balaban J connectivity index is 2.02. The minimum atomic E-state index is -0.660. The lowest BCUT2D eigenvalue weighted by Crippen LogP contribution is -2.00. The highest BCUT2D eigenvalue weighted by Gasteiger charge is 2.11. The Labute approximate surface area is 121 Å². The van der Waals surface area contributed by atoms with Crippen LogP contribution in [0.15, 0.2) is 60.8 Å². The van der Waals surface area contributed by atoms with E-state index in [1.807, 2.05) is 48.5 Å². The zero-order valence-corrected chi connectivity index (χ0v) is 11.0. The molecule has 0 aliphatic carbocycles. The summed E-state index contributed by atoms with van der Waals surface area (Å²) in [7, 11) is 0. The van der Waals surface area contributed by atoms with E-state index in [0.29, 0.717) is 5.75 Å². The van der Waals surface area contributed by atoms with Crippen LogP contribution < -0.4 is 10.5 Å². The lowest BCUT2D eigenvalue weighted by Gasteiger charge is -2.11. The van der Waals surface area contributed by atoms with E-state index >= 15 is 0 Å². The average Bonchev–Trinajstić information content (AvgIpc) is 2.52. The van der Waals surface area contributed by atoms with Gasteiger partial charge in [0.1, 0.15) is 5.75 Å². The zero-order valence-electron chi connectivity index (χ0n) is 11.0. The topological polar surface area (TPSA) is 61.0 Å². The molecule has 0 aliphatic heterocycles. The number of para-hydroxylation sites is 1. The minimum Gasteiger partial charge on any atom is -0.436 e. The molecule has 0 amide bonds. The van der Waals surface area contributed by atoms with E-state index < -0.39 is 5.82 Å². The van der Waals surface area contributed by atoms with Crippen LogP contribution in [-0.2, 0) is 0 Å². The summed E-state index contributed by atoms with van der Waals surface area (Å²) in [6, 6.07) is 17.0. The molecule has 1 aromatic heterocycles. The molecule has 21 heavy (non-hydrogen) atoms. The van der Waals surface area contributed by atoms with Crippen LogP contribution in [0, 0.1) is 5.82 Å². The van der Waals surface area contributed by atoms with Gasteiger partial charge >= 0.3 is 0 Å². The molecule has 3 aromatic rings. The lowest BCUT2D eigenvalue weighted by molar-refractivity contribution is 0.422. The monoisotopic (exact) mass is 281 g/mol. The molecule has 0 radical (unpaired) electrons. The van der Waals surface area contributed by atoms with Crippen molar-refractivity contribution < 1.29 is 9.13 Å². The van der Waals surface area contributed by atoms with Crippen LogP contribution in [0.1, 0.15) is 0 Å². The van der Waals surface area contributed by atoms with E-state index in [0.717, 1.165) is 17.3 Å². The molecule has 0 aliphatic rings. The Hall–Kier alpha value is -2.95.